The average molecular weight is 617 g/mol. The third-order valence-corrected chi connectivity index (χ3v) is 7.93. The topological polar surface area (TPSA) is 86.0 Å². The van der Waals surface area contributed by atoms with Gasteiger partial charge in [0.2, 0.25) is 5.91 Å². The lowest BCUT2D eigenvalue weighted by Crippen LogP contribution is -2.50. The minimum absolute atomic E-state index is 0.130. The maximum absolute atomic E-state index is 14.5. The molecule has 0 spiro atoms. The molecule has 7 nitrogen and oxygen atoms in total. The van der Waals surface area contributed by atoms with Crippen LogP contribution in [0.2, 0.25) is 5.02 Å². The van der Waals surface area contributed by atoms with Crippen LogP contribution < -0.4 is 10.6 Å². The number of aromatic nitrogens is 2. The lowest BCUT2D eigenvalue weighted by molar-refractivity contribution is -0.121. The van der Waals surface area contributed by atoms with E-state index in [9.17, 15) is 9.18 Å². The number of carbonyl (C=O) groups is 1. The van der Waals surface area contributed by atoms with Gasteiger partial charge < -0.3 is 20.1 Å². The smallest absolute Gasteiger partial charge is 0.226 e. The normalized spacial score (nSPS) is 12.2. The summed E-state index contributed by atoms with van der Waals surface area (Å²) in [6.45, 7) is 5.52. The fourth-order valence-corrected chi connectivity index (χ4v) is 5.12. The maximum Gasteiger partial charge on any atom is 0.226 e. The Morgan fingerprint density at radius 2 is 1.91 bits per heavy atom. The number of imidazole rings is 1. The zero-order chi connectivity index (χ0) is 30.8. The minimum atomic E-state index is -0.406. The van der Waals surface area contributed by atoms with Crippen molar-refractivity contribution in [3.8, 4) is 6.07 Å². The summed E-state index contributed by atoms with van der Waals surface area (Å²) in [5.41, 5.74) is 3.59. The Hall–Kier alpha value is -4.26. The van der Waals surface area contributed by atoms with Gasteiger partial charge in [-0.3, -0.25) is 4.79 Å². The van der Waals surface area contributed by atoms with Gasteiger partial charge in [0.25, 0.3) is 0 Å². The maximum atomic E-state index is 14.5. The second-order valence-corrected chi connectivity index (χ2v) is 11.3. The van der Waals surface area contributed by atoms with Crippen molar-refractivity contribution in [1.29, 1.82) is 5.26 Å². The number of carbonyl (C=O) groups excluding carboxylic acids is 1. The molecule has 1 aromatic heterocycles. The van der Waals surface area contributed by atoms with Gasteiger partial charge in [-0.05, 0) is 65.7 Å². The molecule has 4 aromatic rings. The summed E-state index contributed by atoms with van der Waals surface area (Å²) in [5.74, 6) is -0.412. The van der Waals surface area contributed by atoms with Gasteiger partial charge in [0.15, 0.2) is 5.11 Å². The van der Waals surface area contributed by atoms with E-state index in [4.69, 9.17) is 29.1 Å². The van der Waals surface area contributed by atoms with Crippen molar-refractivity contribution >= 4 is 40.5 Å². The highest BCUT2D eigenvalue weighted by Crippen LogP contribution is 2.19. The standard InChI is InChI=1S/C33H34ClFN6OS/c1-3-23(2)31(38-32(42)16-28-18-37-22-41(28)19-25-13-11-24(17-36)12-14-25)21-40(20-26-7-6-8-27(34)15-26)33(43)39-30-10-5-4-9-29(30)35/h4-15,18,22-23,31H,3,16,19-21H2,1-2H3,(H,38,42)(H,39,43)/t23-,31+/m0/s1. The molecule has 0 unspecified atom stereocenters. The predicted octanol–water partition coefficient (Wildman–Crippen LogP) is 6.57. The van der Waals surface area contributed by atoms with Crippen LogP contribution in [0.3, 0.4) is 0 Å². The second kappa shape index (κ2) is 15.3. The SMILES string of the molecule is CC[C@H](C)[C@@H](CN(Cc1cccc(Cl)c1)C(=S)Nc1ccccc1F)NC(=O)Cc1cncn1Cc1ccc(C#N)cc1. The van der Waals surface area contributed by atoms with E-state index in [-0.39, 0.29) is 30.0 Å². The highest BCUT2D eigenvalue weighted by atomic mass is 35.5. The summed E-state index contributed by atoms with van der Waals surface area (Å²) in [7, 11) is 0. The van der Waals surface area contributed by atoms with Crippen LogP contribution in [0, 0.1) is 23.1 Å². The number of anilines is 1. The van der Waals surface area contributed by atoms with E-state index in [0.717, 1.165) is 23.2 Å². The van der Waals surface area contributed by atoms with Gasteiger partial charge in [0, 0.05) is 42.6 Å². The molecule has 3 aromatic carbocycles. The molecule has 222 valence electrons. The second-order valence-electron chi connectivity index (χ2n) is 10.5. The third kappa shape index (κ3) is 9.11. The molecular formula is C33H34ClFN6OS. The number of nitrogens with zero attached hydrogens (tertiary/aromatic N) is 4. The van der Waals surface area contributed by atoms with Gasteiger partial charge in [-0.25, -0.2) is 9.37 Å². The van der Waals surface area contributed by atoms with Gasteiger partial charge in [-0.2, -0.15) is 5.26 Å². The number of benzene rings is 3. The van der Waals surface area contributed by atoms with Crippen LogP contribution >= 0.6 is 23.8 Å². The summed E-state index contributed by atoms with van der Waals surface area (Å²) >= 11 is 12.0. The summed E-state index contributed by atoms with van der Waals surface area (Å²) in [4.78, 5) is 19.6. The predicted molar refractivity (Wildman–Crippen MR) is 172 cm³/mol. The lowest BCUT2D eigenvalue weighted by Gasteiger charge is -2.33. The summed E-state index contributed by atoms with van der Waals surface area (Å²) in [5, 5.41) is 16.3. The molecule has 1 heterocycles. The number of hydrogen-bond acceptors (Lipinski definition) is 4. The first-order chi connectivity index (χ1) is 20.7. The number of nitrogens with one attached hydrogen (secondary N) is 2. The van der Waals surface area contributed by atoms with Crippen LogP contribution in [-0.4, -0.2) is 38.1 Å². The number of para-hydroxylation sites is 1. The number of hydrogen-bond donors (Lipinski definition) is 2. The highest BCUT2D eigenvalue weighted by molar-refractivity contribution is 7.80. The first-order valence-corrected chi connectivity index (χ1v) is 14.9. The van der Waals surface area contributed by atoms with Gasteiger partial charge in [-0.15, -0.1) is 0 Å². The van der Waals surface area contributed by atoms with E-state index in [1.165, 1.54) is 6.07 Å². The van der Waals surface area contributed by atoms with Crippen molar-refractivity contribution in [2.24, 2.45) is 5.92 Å². The van der Waals surface area contributed by atoms with Crippen LogP contribution in [-0.2, 0) is 24.3 Å². The van der Waals surface area contributed by atoms with Gasteiger partial charge in [0.1, 0.15) is 5.82 Å². The quantitative estimate of drug-likeness (QED) is 0.175. The van der Waals surface area contributed by atoms with Crippen LogP contribution in [0.1, 0.15) is 42.7 Å². The van der Waals surface area contributed by atoms with Crippen molar-refractivity contribution in [1.82, 2.24) is 19.8 Å². The van der Waals surface area contributed by atoms with E-state index in [2.05, 4.69) is 35.5 Å². The Kier molecular flexibility index (Phi) is 11.3. The molecule has 0 radical (unpaired) electrons. The zero-order valence-corrected chi connectivity index (χ0v) is 25.7. The average Bonchev–Trinajstić information content (AvgIpc) is 3.43. The van der Waals surface area contributed by atoms with Crippen LogP contribution in [0.15, 0.2) is 85.3 Å². The fourth-order valence-electron chi connectivity index (χ4n) is 4.66. The number of halogens is 2. The fraction of sp³-hybridized carbons (Fsp3) is 0.273. The summed E-state index contributed by atoms with van der Waals surface area (Å²) < 4.78 is 16.4. The first-order valence-electron chi connectivity index (χ1n) is 14.1. The highest BCUT2D eigenvalue weighted by Gasteiger charge is 2.24. The summed E-state index contributed by atoms with van der Waals surface area (Å²) in [6.07, 6.45) is 4.38. The molecule has 4 rings (SSSR count). The largest absolute Gasteiger partial charge is 0.351 e. The van der Waals surface area contributed by atoms with E-state index < -0.39 is 5.82 Å². The molecule has 1 amide bonds. The minimum Gasteiger partial charge on any atom is -0.351 e. The number of thiocarbonyl (C=S) groups is 1. The molecule has 2 atom stereocenters. The van der Waals surface area contributed by atoms with Crippen LogP contribution in [0.25, 0.3) is 0 Å². The monoisotopic (exact) mass is 616 g/mol. The van der Waals surface area contributed by atoms with Crippen molar-refractivity contribution < 1.29 is 9.18 Å². The lowest BCUT2D eigenvalue weighted by atomic mass is 9.98. The molecule has 2 N–H and O–H groups in total. The van der Waals surface area contributed by atoms with Gasteiger partial charge >= 0.3 is 0 Å². The molecule has 0 fully saturated rings. The first kappa shape index (κ1) is 31.7. The Morgan fingerprint density at radius 3 is 2.60 bits per heavy atom. The van der Waals surface area contributed by atoms with Crippen molar-refractivity contribution in [2.45, 2.75) is 45.8 Å². The van der Waals surface area contributed by atoms with Gasteiger partial charge in [0.05, 0.1) is 30.1 Å². The van der Waals surface area contributed by atoms with E-state index in [1.54, 1.807) is 48.9 Å². The number of amides is 1. The van der Waals surface area contributed by atoms with E-state index in [0.29, 0.717) is 35.3 Å². The molecule has 0 aliphatic heterocycles. The molecule has 43 heavy (non-hydrogen) atoms. The molecule has 10 heteroatoms. The molecule has 0 aliphatic rings. The number of rotatable bonds is 12. The number of nitriles is 1. The van der Waals surface area contributed by atoms with E-state index in [1.807, 2.05) is 39.8 Å². The Morgan fingerprint density at radius 1 is 1.14 bits per heavy atom. The molecule has 0 aliphatic carbocycles. The molecule has 0 bridgehead atoms. The third-order valence-electron chi connectivity index (χ3n) is 7.34. The zero-order valence-electron chi connectivity index (χ0n) is 24.1. The Bertz CT molecular complexity index is 1580. The van der Waals surface area contributed by atoms with Crippen molar-refractivity contribution in [3.05, 3.63) is 119 Å². The molecule has 0 saturated heterocycles. The Balaban J connectivity index is 1.49. The van der Waals surface area contributed by atoms with Crippen molar-refractivity contribution in [3.63, 3.8) is 0 Å². The van der Waals surface area contributed by atoms with Gasteiger partial charge in [-0.1, -0.05) is 68.3 Å². The van der Waals surface area contributed by atoms with Crippen LogP contribution in [0.5, 0.6) is 0 Å². The molecule has 0 saturated carbocycles. The Labute approximate surface area is 262 Å². The van der Waals surface area contributed by atoms with E-state index >= 15 is 0 Å². The summed E-state index contributed by atoms with van der Waals surface area (Å²) in [6, 6.07) is 23.1. The molecular weight excluding hydrogens is 583 g/mol. The van der Waals surface area contributed by atoms with Crippen LogP contribution in [0.4, 0.5) is 10.1 Å². The van der Waals surface area contributed by atoms with Crippen molar-refractivity contribution in [2.75, 3.05) is 11.9 Å².